The maximum Gasteiger partial charge on any atom is 0.105 e. The number of nitrogens with zero attached hydrogens (tertiary/aromatic N) is 1. The summed E-state index contributed by atoms with van der Waals surface area (Å²) in [5, 5.41) is 0. The Morgan fingerprint density at radius 2 is 1.90 bits per heavy atom. The van der Waals surface area contributed by atoms with Crippen LogP contribution in [0, 0.1) is 5.92 Å². The Kier molecular flexibility index (Phi) is 6.91. The molecule has 3 heteroatoms. The lowest BCUT2D eigenvalue weighted by Crippen LogP contribution is -2.38. The molecule has 2 rings (SSSR count). The van der Waals surface area contributed by atoms with Gasteiger partial charge < -0.3 is 5.73 Å². The molecule has 1 heterocycles. The van der Waals surface area contributed by atoms with Gasteiger partial charge in [0.05, 0.1) is 0 Å². The molecule has 0 bridgehead atoms. The van der Waals surface area contributed by atoms with Crippen LogP contribution in [0.4, 0.5) is 4.39 Å². The van der Waals surface area contributed by atoms with Gasteiger partial charge in [0, 0.05) is 18.0 Å². The highest BCUT2D eigenvalue weighted by Crippen LogP contribution is 2.26. The molecule has 120 valence electrons. The van der Waals surface area contributed by atoms with Crippen molar-refractivity contribution in [3.05, 3.63) is 23.8 Å². The van der Waals surface area contributed by atoms with E-state index in [0.717, 1.165) is 12.8 Å². The summed E-state index contributed by atoms with van der Waals surface area (Å²) in [5.41, 5.74) is 7.16. The Bertz CT molecular complexity index is 356. The van der Waals surface area contributed by atoms with E-state index >= 15 is 0 Å². The Hall–Kier alpha value is -0.670. The summed E-state index contributed by atoms with van der Waals surface area (Å²) in [6, 6.07) is 0.176. The van der Waals surface area contributed by atoms with E-state index < -0.39 is 6.67 Å². The standard InChI is InChI=1S/C18H31FN2/c1-2-17(18(20)14-19)15-8-10-16(11-9-15)21-12-6-4-3-5-7-13-21/h8-10,16-18H,2-7,11-14,20H2,1H3. The van der Waals surface area contributed by atoms with Crippen LogP contribution >= 0.6 is 0 Å². The lowest BCUT2D eigenvalue weighted by atomic mass is 9.85. The van der Waals surface area contributed by atoms with Crippen LogP contribution in [0.25, 0.3) is 0 Å². The Morgan fingerprint density at radius 1 is 1.24 bits per heavy atom. The average Bonchev–Trinajstić information content (AvgIpc) is 2.48. The van der Waals surface area contributed by atoms with Gasteiger partial charge in [-0.3, -0.25) is 4.90 Å². The molecule has 3 atom stereocenters. The van der Waals surface area contributed by atoms with Gasteiger partial charge in [-0.25, -0.2) is 4.39 Å². The number of allylic oxidation sites excluding steroid dienone is 1. The number of hydrogen-bond acceptors (Lipinski definition) is 2. The largest absolute Gasteiger partial charge is 0.325 e. The predicted molar refractivity (Wildman–Crippen MR) is 88.0 cm³/mol. The highest BCUT2D eigenvalue weighted by molar-refractivity contribution is 5.29. The van der Waals surface area contributed by atoms with Gasteiger partial charge in [0.25, 0.3) is 0 Å². The van der Waals surface area contributed by atoms with Crippen LogP contribution in [0.1, 0.15) is 51.9 Å². The second kappa shape index (κ2) is 8.70. The predicted octanol–water partition coefficient (Wildman–Crippen LogP) is 3.83. The third-order valence-electron chi connectivity index (χ3n) is 5.03. The molecule has 2 N–H and O–H groups in total. The first-order valence-corrected chi connectivity index (χ1v) is 8.70. The van der Waals surface area contributed by atoms with E-state index in [1.807, 2.05) is 0 Å². The molecule has 0 aromatic heterocycles. The van der Waals surface area contributed by atoms with Crippen molar-refractivity contribution in [2.24, 2.45) is 11.7 Å². The molecule has 0 saturated carbocycles. The van der Waals surface area contributed by atoms with Crippen LogP contribution in [0.5, 0.6) is 0 Å². The number of alkyl halides is 1. The maximum atomic E-state index is 12.8. The highest BCUT2D eigenvalue weighted by atomic mass is 19.1. The fourth-order valence-corrected chi connectivity index (χ4v) is 3.67. The normalized spacial score (nSPS) is 27.6. The number of hydrogen-bond donors (Lipinski definition) is 1. The van der Waals surface area contributed by atoms with Crippen LogP contribution in [0.3, 0.4) is 0 Å². The molecule has 0 aromatic carbocycles. The molecule has 2 aliphatic rings. The summed E-state index contributed by atoms with van der Waals surface area (Å²) in [7, 11) is 0. The first-order valence-electron chi connectivity index (χ1n) is 8.70. The van der Waals surface area contributed by atoms with E-state index in [1.165, 1.54) is 50.8 Å². The molecule has 1 aliphatic heterocycles. The van der Waals surface area contributed by atoms with E-state index in [2.05, 4.69) is 30.1 Å². The minimum Gasteiger partial charge on any atom is -0.325 e. The van der Waals surface area contributed by atoms with Crippen molar-refractivity contribution in [1.29, 1.82) is 0 Å². The third-order valence-corrected chi connectivity index (χ3v) is 5.03. The molecule has 3 unspecified atom stereocenters. The molecule has 2 nitrogen and oxygen atoms in total. The molecule has 1 fully saturated rings. The zero-order chi connectivity index (χ0) is 15.1. The Labute approximate surface area is 129 Å². The quantitative estimate of drug-likeness (QED) is 0.835. The zero-order valence-electron chi connectivity index (χ0n) is 13.4. The number of likely N-dealkylation sites (tertiary alicyclic amines) is 1. The minimum absolute atomic E-state index is 0.166. The van der Waals surface area contributed by atoms with Gasteiger partial charge in [-0.2, -0.15) is 0 Å². The van der Waals surface area contributed by atoms with Gasteiger partial charge in [0.15, 0.2) is 0 Å². The number of nitrogens with two attached hydrogens (primary N) is 1. The van der Waals surface area contributed by atoms with Crippen LogP contribution in [-0.4, -0.2) is 36.7 Å². The van der Waals surface area contributed by atoms with Crippen molar-refractivity contribution in [3.63, 3.8) is 0 Å². The summed E-state index contributed by atoms with van der Waals surface area (Å²) in [6.45, 7) is 4.11. The zero-order valence-corrected chi connectivity index (χ0v) is 13.4. The van der Waals surface area contributed by atoms with Gasteiger partial charge in [0.1, 0.15) is 6.67 Å². The third kappa shape index (κ3) is 4.65. The summed E-state index contributed by atoms with van der Waals surface area (Å²) < 4.78 is 12.8. The van der Waals surface area contributed by atoms with Crippen molar-refractivity contribution in [2.75, 3.05) is 19.8 Å². The van der Waals surface area contributed by atoms with Gasteiger partial charge in [0.2, 0.25) is 0 Å². The van der Waals surface area contributed by atoms with E-state index in [0.29, 0.717) is 6.04 Å². The SMILES string of the molecule is CCC(C1=CCC(N2CCCCCCC2)C=C1)C(N)CF. The summed E-state index contributed by atoms with van der Waals surface area (Å²) >= 11 is 0. The molecular formula is C18H31FN2. The number of rotatable bonds is 5. The summed E-state index contributed by atoms with van der Waals surface area (Å²) in [5.74, 6) is 0.166. The second-order valence-corrected chi connectivity index (χ2v) is 6.50. The molecule has 1 saturated heterocycles. The van der Waals surface area contributed by atoms with Crippen LogP contribution in [-0.2, 0) is 0 Å². The molecule has 0 radical (unpaired) electrons. The highest BCUT2D eigenvalue weighted by Gasteiger charge is 2.23. The van der Waals surface area contributed by atoms with E-state index in [4.69, 9.17) is 5.73 Å². The lowest BCUT2D eigenvalue weighted by molar-refractivity contribution is 0.207. The molecular weight excluding hydrogens is 263 g/mol. The van der Waals surface area contributed by atoms with Crippen molar-refractivity contribution in [1.82, 2.24) is 4.90 Å². The van der Waals surface area contributed by atoms with Crippen molar-refractivity contribution >= 4 is 0 Å². The van der Waals surface area contributed by atoms with Crippen LogP contribution in [0.2, 0.25) is 0 Å². The average molecular weight is 294 g/mol. The van der Waals surface area contributed by atoms with Crippen molar-refractivity contribution in [3.8, 4) is 0 Å². The van der Waals surface area contributed by atoms with Crippen molar-refractivity contribution in [2.45, 2.75) is 64.0 Å². The fourth-order valence-electron chi connectivity index (χ4n) is 3.67. The molecule has 0 spiro atoms. The van der Waals surface area contributed by atoms with Gasteiger partial charge in [-0.05, 0) is 44.3 Å². The maximum absolute atomic E-state index is 12.8. The van der Waals surface area contributed by atoms with E-state index in [-0.39, 0.29) is 12.0 Å². The fraction of sp³-hybridized carbons (Fsp3) is 0.778. The molecule has 0 amide bonds. The van der Waals surface area contributed by atoms with Crippen LogP contribution < -0.4 is 5.73 Å². The monoisotopic (exact) mass is 294 g/mol. The number of halogens is 1. The van der Waals surface area contributed by atoms with Crippen molar-refractivity contribution < 1.29 is 4.39 Å². The lowest BCUT2D eigenvalue weighted by Gasteiger charge is -2.33. The van der Waals surface area contributed by atoms with Gasteiger partial charge in [-0.1, -0.05) is 44.4 Å². The van der Waals surface area contributed by atoms with E-state index in [1.54, 1.807) is 0 Å². The second-order valence-electron chi connectivity index (χ2n) is 6.50. The topological polar surface area (TPSA) is 29.3 Å². The Morgan fingerprint density at radius 3 is 2.43 bits per heavy atom. The summed E-state index contributed by atoms with van der Waals surface area (Å²) in [6.07, 6.45) is 15.6. The first kappa shape index (κ1) is 16.7. The van der Waals surface area contributed by atoms with Gasteiger partial charge >= 0.3 is 0 Å². The van der Waals surface area contributed by atoms with E-state index in [9.17, 15) is 4.39 Å². The van der Waals surface area contributed by atoms with Crippen LogP contribution in [0.15, 0.2) is 23.8 Å². The van der Waals surface area contributed by atoms with Gasteiger partial charge in [-0.15, -0.1) is 0 Å². The molecule has 21 heavy (non-hydrogen) atoms. The summed E-state index contributed by atoms with van der Waals surface area (Å²) in [4.78, 5) is 2.62. The molecule has 0 aromatic rings. The Balaban J connectivity index is 1.92. The molecule has 1 aliphatic carbocycles. The minimum atomic E-state index is -0.431. The smallest absolute Gasteiger partial charge is 0.105 e. The first-order chi connectivity index (χ1) is 10.3.